The minimum Gasteiger partial charge on any atom is -0.455 e. The number of hydrogen-bond acceptors (Lipinski definition) is 2. The summed E-state index contributed by atoms with van der Waals surface area (Å²) in [5.41, 5.74) is 0. The lowest BCUT2D eigenvalue weighted by Gasteiger charge is -2.13. The molecule has 1 aliphatic heterocycles. The molecular weight excluding hydrogens is 260 g/mol. The van der Waals surface area contributed by atoms with Crippen molar-refractivity contribution in [2.24, 2.45) is 11.8 Å². The summed E-state index contributed by atoms with van der Waals surface area (Å²) < 4.78 is 5.12. The van der Waals surface area contributed by atoms with Gasteiger partial charge in [-0.15, -0.1) is 0 Å². The Morgan fingerprint density at radius 2 is 1.81 bits per heavy atom. The summed E-state index contributed by atoms with van der Waals surface area (Å²) in [5, 5.41) is 0. The molecule has 2 heteroatoms. The third kappa shape index (κ3) is 6.44. The van der Waals surface area contributed by atoms with E-state index in [1.54, 1.807) is 0 Å². The first-order chi connectivity index (χ1) is 10.3. The average molecular weight is 284 g/mol. The van der Waals surface area contributed by atoms with Crippen LogP contribution in [0.3, 0.4) is 0 Å². The van der Waals surface area contributed by atoms with E-state index < -0.39 is 0 Å². The van der Waals surface area contributed by atoms with Crippen LogP contribution in [0.25, 0.3) is 0 Å². The topological polar surface area (TPSA) is 26.3 Å². The monoisotopic (exact) mass is 284 g/mol. The molecule has 21 heavy (non-hydrogen) atoms. The van der Waals surface area contributed by atoms with Crippen LogP contribution in [0.15, 0.2) is 60.8 Å². The van der Waals surface area contributed by atoms with Crippen LogP contribution in [-0.4, -0.2) is 12.1 Å². The summed E-state index contributed by atoms with van der Waals surface area (Å²) in [6.07, 6.45) is 24.3. The van der Waals surface area contributed by atoms with Crippen LogP contribution in [0.2, 0.25) is 0 Å². The van der Waals surface area contributed by atoms with Gasteiger partial charge in [0.25, 0.3) is 0 Å². The largest absolute Gasteiger partial charge is 0.455 e. The molecule has 1 saturated carbocycles. The Morgan fingerprint density at radius 1 is 1.14 bits per heavy atom. The quantitative estimate of drug-likeness (QED) is 0.390. The first-order valence-electron chi connectivity index (χ1n) is 7.79. The van der Waals surface area contributed by atoms with E-state index in [4.69, 9.17) is 4.74 Å². The molecule has 1 aliphatic carbocycles. The van der Waals surface area contributed by atoms with Crippen molar-refractivity contribution in [1.29, 1.82) is 0 Å². The number of esters is 1. The third-order valence-corrected chi connectivity index (χ3v) is 3.74. The first-order valence-corrected chi connectivity index (χ1v) is 7.79. The van der Waals surface area contributed by atoms with Crippen molar-refractivity contribution in [3.8, 4) is 0 Å². The molecule has 2 rings (SSSR count). The van der Waals surface area contributed by atoms with Crippen LogP contribution in [0, 0.1) is 11.8 Å². The van der Waals surface area contributed by atoms with Gasteiger partial charge in [0.15, 0.2) is 0 Å². The van der Waals surface area contributed by atoms with Crippen LogP contribution >= 0.6 is 0 Å². The Balaban J connectivity index is 1.53. The standard InChI is InChI=1S/C19H24O2/c1-16-15-17(16)11-8-6-4-2-3-5-7-9-12-18-13-10-14-19(20)21-18/h4-12,14,16-18H,2-3,13,15H2,1H3/b6-4+,7-5+,11-8+,12-9+/t16-,17-,18-/m0/s1. The van der Waals surface area contributed by atoms with Crippen molar-refractivity contribution < 1.29 is 9.53 Å². The van der Waals surface area contributed by atoms with Crippen LogP contribution in [-0.2, 0) is 9.53 Å². The molecule has 0 unspecified atom stereocenters. The van der Waals surface area contributed by atoms with E-state index in [9.17, 15) is 4.79 Å². The van der Waals surface area contributed by atoms with Gasteiger partial charge in [0.2, 0.25) is 0 Å². The molecule has 0 aromatic rings. The molecular formula is C19H24O2. The van der Waals surface area contributed by atoms with E-state index in [1.165, 1.54) is 12.5 Å². The summed E-state index contributed by atoms with van der Waals surface area (Å²) in [5.74, 6) is 1.46. The minimum atomic E-state index is -0.251. The molecule has 0 radical (unpaired) electrons. The molecule has 2 nitrogen and oxygen atoms in total. The number of hydrogen-bond donors (Lipinski definition) is 0. The maximum Gasteiger partial charge on any atom is 0.331 e. The highest BCUT2D eigenvalue weighted by Crippen LogP contribution is 2.38. The van der Waals surface area contributed by atoms with Gasteiger partial charge in [-0.3, -0.25) is 0 Å². The zero-order valence-electron chi connectivity index (χ0n) is 12.7. The van der Waals surface area contributed by atoms with Crippen molar-refractivity contribution in [1.82, 2.24) is 0 Å². The van der Waals surface area contributed by atoms with Gasteiger partial charge in [0, 0.05) is 12.5 Å². The Morgan fingerprint density at radius 3 is 2.43 bits per heavy atom. The maximum absolute atomic E-state index is 11.0. The van der Waals surface area contributed by atoms with E-state index in [0.29, 0.717) is 0 Å². The highest BCUT2D eigenvalue weighted by molar-refractivity contribution is 5.82. The van der Waals surface area contributed by atoms with Crippen molar-refractivity contribution in [3.05, 3.63) is 60.8 Å². The zero-order chi connectivity index (χ0) is 14.9. The predicted molar refractivity (Wildman–Crippen MR) is 86.7 cm³/mol. The SMILES string of the molecule is C[C@H]1C[C@@H]1/C=C/C=C/CC/C=C/C=C/[C@H]1CC=CC(=O)O1. The highest BCUT2D eigenvalue weighted by atomic mass is 16.5. The van der Waals surface area contributed by atoms with Gasteiger partial charge in [-0.05, 0) is 37.2 Å². The van der Waals surface area contributed by atoms with Crippen LogP contribution in [0.1, 0.15) is 32.6 Å². The molecule has 112 valence electrons. The summed E-state index contributed by atoms with van der Waals surface area (Å²) in [4.78, 5) is 11.0. The highest BCUT2D eigenvalue weighted by Gasteiger charge is 2.29. The Labute approximate surface area is 127 Å². The second kappa shape index (κ2) is 8.46. The van der Waals surface area contributed by atoms with E-state index in [1.807, 2.05) is 24.3 Å². The number of allylic oxidation sites excluding steroid dienone is 7. The maximum atomic E-state index is 11.0. The van der Waals surface area contributed by atoms with Crippen molar-refractivity contribution in [3.63, 3.8) is 0 Å². The Kier molecular flexibility index (Phi) is 6.26. The molecule has 0 spiro atoms. The normalized spacial score (nSPS) is 29.2. The van der Waals surface area contributed by atoms with Crippen molar-refractivity contribution >= 4 is 5.97 Å². The lowest BCUT2D eigenvalue weighted by molar-refractivity contribution is -0.141. The molecule has 0 N–H and O–H groups in total. The summed E-state index contributed by atoms with van der Waals surface area (Å²) in [6, 6.07) is 0. The van der Waals surface area contributed by atoms with E-state index in [0.717, 1.165) is 31.1 Å². The molecule has 1 fully saturated rings. The molecule has 3 atom stereocenters. The van der Waals surface area contributed by atoms with Gasteiger partial charge in [0.05, 0.1) is 0 Å². The van der Waals surface area contributed by atoms with Crippen molar-refractivity contribution in [2.45, 2.75) is 38.7 Å². The Bertz CT molecular complexity index is 480. The molecule has 0 aromatic heterocycles. The molecule has 0 amide bonds. The number of carbonyl (C=O) groups excluding carboxylic acids is 1. The fourth-order valence-corrected chi connectivity index (χ4v) is 2.21. The minimum absolute atomic E-state index is 0.109. The summed E-state index contributed by atoms with van der Waals surface area (Å²) in [6.45, 7) is 2.29. The van der Waals surface area contributed by atoms with Crippen LogP contribution in [0.4, 0.5) is 0 Å². The number of cyclic esters (lactones) is 1. The lowest BCUT2D eigenvalue weighted by atomic mass is 10.2. The van der Waals surface area contributed by atoms with Gasteiger partial charge in [-0.1, -0.05) is 55.5 Å². The summed E-state index contributed by atoms with van der Waals surface area (Å²) in [7, 11) is 0. The lowest BCUT2D eigenvalue weighted by Crippen LogP contribution is -2.17. The smallest absolute Gasteiger partial charge is 0.331 e. The van der Waals surface area contributed by atoms with Crippen LogP contribution in [0.5, 0.6) is 0 Å². The van der Waals surface area contributed by atoms with E-state index >= 15 is 0 Å². The van der Waals surface area contributed by atoms with Gasteiger partial charge >= 0.3 is 5.97 Å². The van der Waals surface area contributed by atoms with E-state index in [-0.39, 0.29) is 12.1 Å². The zero-order valence-corrected chi connectivity index (χ0v) is 12.7. The number of rotatable bonds is 7. The number of unbranched alkanes of at least 4 members (excludes halogenated alkanes) is 1. The fourth-order valence-electron chi connectivity index (χ4n) is 2.21. The molecule has 2 aliphatic rings. The van der Waals surface area contributed by atoms with Gasteiger partial charge < -0.3 is 4.74 Å². The molecule has 1 heterocycles. The second-order valence-electron chi connectivity index (χ2n) is 5.69. The second-order valence-corrected chi connectivity index (χ2v) is 5.69. The van der Waals surface area contributed by atoms with E-state index in [2.05, 4.69) is 37.3 Å². The number of ether oxygens (including phenoxy) is 1. The van der Waals surface area contributed by atoms with Crippen molar-refractivity contribution in [2.75, 3.05) is 0 Å². The Hall–Kier alpha value is -1.83. The molecule has 0 bridgehead atoms. The summed E-state index contributed by atoms with van der Waals surface area (Å²) >= 11 is 0. The van der Waals surface area contributed by atoms with Gasteiger partial charge in [-0.2, -0.15) is 0 Å². The van der Waals surface area contributed by atoms with Crippen LogP contribution < -0.4 is 0 Å². The first kappa shape index (κ1) is 15.6. The number of carbonyl (C=O) groups is 1. The fraction of sp³-hybridized carbons (Fsp3) is 0.421. The van der Waals surface area contributed by atoms with Gasteiger partial charge in [-0.25, -0.2) is 4.79 Å². The molecule has 0 aromatic carbocycles. The predicted octanol–water partition coefficient (Wildman–Crippen LogP) is 4.52. The third-order valence-electron chi connectivity index (χ3n) is 3.74. The molecule has 0 saturated heterocycles. The van der Waals surface area contributed by atoms with Gasteiger partial charge in [0.1, 0.15) is 6.10 Å². The average Bonchev–Trinajstić information content (AvgIpc) is 3.17.